The molecule has 2 aromatic rings. The maximum Gasteiger partial charge on any atom is 0.228 e. The summed E-state index contributed by atoms with van der Waals surface area (Å²) in [5.41, 5.74) is 1.39. The zero-order chi connectivity index (χ0) is 19.4. The van der Waals surface area contributed by atoms with Crippen molar-refractivity contribution >= 4 is 29.1 Å². The summed E-state index contributed by atoms with van der Waals surface area (Å²) in [6, 6.07) is 12.5. The van der Waals surface area contributed by atoms with E-state index in [0.717, 1.165) is 5.56 Å². The number of hydrogen-bond acceptors (Lipinski definition) is 4. The van der Waals surface area contributed by atoms with Gasteiger partial charge in [0.25, 0.3) is 0 Å². The monoisotopic (exact) mass is 388 g/mol. The van der Waals surface area contributed by atoms with E-state index < -0.39 is 0 Å². The number of methoxy groups -OCH3 is 2. The summed E-state index contributed by atoms with van der Waals surface area (Å²) in [6.07, 6.45) is 0.526. The highest BCUT2D eigenvalue weighted by atomic mass is 35.5. The summed E-state index contributed by atoms with van der Waals surface area (Å²) in [4.78, 5) is 24.7. The lowest BCUT2D eigenvalue weighted by Crippen LogP contribution is -2.27. The molecule has 7 heteroatoms. The lowest BCUT2D eigenvalue weighted by molar-refractivity contribution is -0.125. The van der Waals surface area contributed by atoms with Gasteiger partial charge in [0.15, 0.2) is 0 Å². The van der Waals surface area contributed by atoms with Crippen molar-refractivity contribution in [3.05, 3.63) is 53.1 Å². The van der Waals surface area contributed by atoms with Crippen molar-refractivity contribution in [2.24, 2.45) is 11.8 Å². The number of halogens is 1. The fourth-order valence-electron chi connectivity index (χ4n) is 2.86. The smallest absolute Gasteiger partial charge is 0.228 e. The molecule has 1 aliphatic carbocycles. The van der Waals surface area contributed by atoms with Gasteiger partial charge in [-0.2, -0.15) is 0 Å². The molecule has 0 heterocycles. The van der Waals surface area contributed by atoms with Crippen LogP contribution in [0.1, 0.15) is 12.0 Å². The number of rotatable bonds is 7. The van der Waals surface area contributed by atoms with Gasteiger partial charge in [-0.15, -0.1) is 0 Å². The average molecular weight is 389 g/mol. The summed E-state index contributed by atoms with van der Waals surface area (Å²) in [7, 11) is 3.08. The van der Waals surface area contributed by atoms with Gasteiger partial charge in [-0.05, 0) is 30.2 Å². The van der Waals surface area contributed by atoms with E-state index in [1.54, 1.807) is 31.4 Å². The molecule has 2 N–H and O–H groups in total. The zero-order valence-corrected chi connectivity index (χ0v) is 15.9. The summed E-state index contributed by atoms with van der Waals surface area (Å²) in [5.74, 6) is 0.129. The molecule has 2 atom stereocenters. The molecular weight excluding hydrogens is 368 g/mol. The Hall–Kier alpha value is -2.73. The molecule has 6 nitrogen and oxygen atoms in total. The normalized spacial score (nSPS) is 17.7. The maximum atomic E-state index is 12.4. The minimum Gasteiger partial charge on any atom is -0.497 e. The van der Waals surface area contributed by atoms with Crippen molar-refractivity contribution in [1.82, 2.24) is 5.32 Å². The molecule has 0 aromatic heterocycles. The van der Waals surface area contributed by atoms with E-state index in [2.05, 4.69) is 10.6 Å². The topological polar surface area (TPSA) is 76.7 Å². The van der Waals surface area contributed by atoms with E-state index in [1.165, 1.54) is 7.11 Å². The summed E-state index contributed by atoms with van der Waals surface area (Å²) >= 11 is 6.09. The van der Waals surface area contributed by atoms with Gasteiger partial charge in [0.05, 0.1) is 31.7 Å². The highest BCUT2D eigenvalue weighted by molar-refractivity contribution is 6.31. The molecular formula is C20H21ClN2O4. The number of carbonyl (C=O) groups excluding carboxylic acids is 2. The zero-order valence-electron chi connectivity index (χ0n) is 15.1. The first-order valence-corrected chi connectivity index (χ1v) is 8.95. The number of ether oxygens (including phenoxy) is 2. The first-order valence-electron chi connectivity index (χ1n) is 8.57. The predicted octanol–water partition coefficient (Wildman–Crippen LogP) is 3.25. The van der Waals surface area contributed by atoms with Gasteiger partial charge in [-0.3, -0.25) is 9.59 Å². The van der Waals surface area contributed by atoms with Crippen molar-refractivity contribution < 1.29 is 19.1 Å². The predicted molar refractivity (Wildman–Crippen MR) is 103 cm³/mol. The largest absolute Gasteiger partial charge is 0.497 e. The molecule has 0 saturated heterocycles. The lowest BCUT2D eigenvalue weighted by atomic mass is 10.2. The van der Waals surface area contributed by atoms with E-state index in [1.807, 2.05) is 18.2 Å². The Morgan fingerprint density at radius 3 is 2.52 bits per heavy atom. The molecule has 0 radical (unpaired) electrons. The summed E-state index contributed by atoms with van der Waals surface area (Å²) in [6.45, 7) is 0.343. The van der Waals surface area contributed by atoms with Crippen LogP contribution in [-0.2, 0) is 16.1 Å². The van der Waals surface area contributed by atoms with E-state index in [4.69, 9.17) is 21.1 Å². The molecule has 27 heavy (non-hydrogen) atoms. The first-order chi connectivity index (χ1) is 13.0. The highest BCUT2D eigenvalue weighted by Crippen LogP contribution is 2.40. The molecule has 0 bridgehead atoms. The van der Waals surface area contributed by atoms with Gasteiger partial charge >= 0.3 is 0 Å². The van der Waals surface area contributed by atoms with Crippen LogP contribution in [0.25, 0.3) is 0 Å². The van der Waals surface area contributed by atoms with Gasteiger partial charge in [0.1, 0.15) is 11.5 Å². The standard InChI is InChI=1S/C20H21ClN2O4/c1-26-13-7-8-17(18(9-13)27-2)23-20(25)15-10-14(15)19(24)22-11-12-5-3-4-6-16(12)21/h3-9,14-15H,10-11H2,1-2H3,(H,22,24)(H,23,25). The van der Waals surface area contributed by atoms with Crippen LogP contribution in [0.15, 0.2) is 42.5 Å². The quantitative estimate of drug-likeness (QED) is 0.763. The molecule has 2 unspecified atom stereocenters. The third-order valence-electron chi connectivity index (χ3n) is 4.54. The average Bonchev–Trinajstić information content (AvgIpc) is 3.48. The van der Waals surface area contributed by atoms with Crippen LogP contribution in [0.5, 0.6) is 11.5 Å². The summed E-state index contributed by atoms with van der Waals surface area (Å²) < 4.78 is 10.4. The van der Waals surface area contributed by atoms with Gasteiger partial charge < -0.3 is 20.1 Å². The van der Waals surface area contributed by atoms with Crippen LogP contribution in [0, 0.1) is 11.8 Å². The van der Waals surface area contributed by atoms with Crippen LogP contribution >= 0.6 is 11.6 Å². The van der Waals surface area contributed by atoms with Crippen molar-refractivity contribution in [3.63, 3.8) is 0 Å². The van der Waals surface area contributed by atoms with E-state index in [9.17, 15) is 9.59 Å². The van der Waals surface area contributed by atoms with Gasteiger partial charge in [0, 0.05) is 17.6 Å². The Labute approximate surface area is 162 Å². The van der Waals surface area contributed by atoms with Crippen molar-refractivity contribution in [2.75, 3.05) is 19.5 Å². The first kappa shape index (κ1) is 19.0. The number of carbonyl (C=O) groups is 2. The van der Waals surface area contributed by atoms with E-state index in [-0.39, 0.29) is 23.7 Å². The Balaban J connectivity index is 1.54. The fourth-order valence-corrected chi connectivity index (χ4v) is 3.06. The SMILES string of the molecule is COc1ccc(NC(=O)C2CC2C(=O)NCc2ccccc2Cl)c(OC)c1. The Morgan fingerprint density at radius 2 is 1.81 bits per heavy atom. The molecule has 1 saturated carbocycles. The highest BCUT2D eigenvalue weighted by Gasteiger charge is 2.48. The number of benzene rings is 2. The fraction of sp³-hybridized carbons (Fsp3) is 0.300. The molecule has 2 aromatic carbocycles. The van der Waals surface area contributed by atoms with Crippen LogP contribution in [0.3, 0.4) is 0 Å². The Bertz CT molecular complexity index is 856. The third kappa shape index (κ3) is 4.52. The number of amides is 2. The third-order valence-corrected chi connectivity index (χ3v) is 4.91. The van der Waals surface area contributed by atoms with Gasteiger partial charge in [-0.1, -0.05) is 29.8 Å². The minimum atomic E-state index is -0.344. The van der Waals surface area contributed by atoms with E-state index >= 15 is 0 Å². The summed E-state index contributed by atoms with van der Waals surface area (Å²) in [5, 5.41) is 6.27. The number of nitrogens with one attached hydrogen (secondary N) is 2. The van der Waals surface area contributed by atoms with Crippen molar-refractivity contribution in [2.45, 2.75) is 13.0 Å². The number of hydrogen-bond donors (Lipinski definition) is 2. The number of anilines is 1. The molecule has 2 amide bonds. The molecule has 1 fully saturated rings. The van der Waals surface area contributed by atoms with Crippen molar-refractivity contribution in [3.8, 4) is 11.5 Å². The molecule has 0 spiro atoms. The van der Waals surface area contributed by atoms with Gasteiger partial charge in [-0.25, -0.2) is 0 Å². The maximum absolute atomic E-state index is 12.4. The van der Waals surface area contributed by atoms with Crippen LogP contribution in [-0.4, -0.2) is 26.0 Å². The second-order valence-electron chi connectivity index (χ2n) is 6.31. The van der Waals surface area contributed by atoms with Crippen LogP contribution in [0.2, 0.25) is 5.02 Å². The Morgan fingerprint density at radius 1 is 1.07 bits per heavy atom. The second kappa shape index (κ2) is 8.31. The molecule has 142 valence electrons. The van der Waals surface area contributed by atoms with Crippen molar-refractivity contribution in [1.29, 1.82) is 0 Å². The van der Waals surface area contributed by atoms with Gasteiger partial charge in [0.2, 0.25) is 11.8 Å². The Kier molecular flexibility index (Phi) is 5.86. The molecule has 3 rings (SSSR count). The van der Waals surface area contributed by atoms with E-state index in [0.29, 0.717) is 35.2 Å². The minimum absolute atomic E-state index is 0.142. The molecule has 1 aliphatic rings. The molecule has 0 aliphatic heterocycles. The second-order valence-corrected chi connectivity index (χ2v) is 6.72. The van der Waals surface area contributed by atoms with Crippen LogP contribution in [0.4, 0.5) is 5.69 Å². The van der Waals surface area contributed by atoms with Crippen LogP contribution < -0.4 is 20.1 Å². The lowest BCUT2D eigenvalue weighted by Gasteiger charge is -2.11.